The molecule has 3 heteroatoms. The van der Waals surface area contributed by atoms with Gasteiger partial charge in [-0.2, -0.15) is 0 Å². The second-order valence-electron chi connectivity index (χ2n) is 2.82. The van der Waals surface area contributed by atoms with Crippen LogP contribution in [0.2, 0.25) is 0 Å². The van der Waals surface area contributed by atoms with E-state index < -0.39 is 0 Å². The Kier molecular flexibility index (Phi) is 3.72. The maximum absolute atomic E-state index is 8.82. The molecule has 0 unspecified atom stereocenters. The van der Waals surface area contributed by atoms with E-state index >= 15 is 0 Å². The minimum absolute atomic E-state index is 0.239. The number of nitrogens with one attached hydrogen (secondary N) is 1. The van der Waals surface area contributed by atoms with Crippen LogP contribution in [0.3, 0.4) is 0 Å². The van der Waals surface area contributed by atoms with Crippen LogP contribution in [0.1, 0.15) is 22.9 Å². The van der Waals surface area contributed by atoms with Gasteiger partial charge in [-0.05, 0) is 37.4 Å². The minimum Gasteiger partial charge on any atom is -0.396 e. The highest BCUT2D eigenvalue weighted by Crippen LogP contribution is 2.25. The van der Waals surface area contributed by atoms with Crippen molar-refractivity contribution in [3.05, 3.63) is 21.9 Å². The molecule has 68 valence electrons. The van der Waals surface area contributed by atoms with E-state index in [-0.39, 0.29) is 6.61 Å². The fourth-order valence-electron chi connectivity index (χ4n) is 1.28. The number of aryl methyl sites for hydroxylation is 1. The molecule has 0 bridgehead atoms. The SMILES string of the molecule is CN[C@H](CCO)c1sccc1C. The second-order valence-corrected chi connectivity index (χ2v) is 3.77. The molecule has 0 aromatic carbocycles. The molecular formula is C9H15NOS. The summed E-state index contributed by atoms with van der Waals surface area (Å²) in [6.07, 6.45) is 0.790. The van der Waals surface area contributed by atoms with Gasteiger partial charge in [0.2, 0.25) is 0 Å². The smallest absolute Gasteiger partial charge is 0.0449 e. The average molecular weight is 185 g/mol. The number of aliphatic hydroxyl groups is 1. The predicted molar refractivity (Wildman–Crippen MR) is 52.6 cm³/mol. The molecule has 0 aliphatic carbocycles. The van der Waals surface area contributed by atoms with Crippen LogP contribution >= 0.6 is 11.3 Å². The van der Waals surface area contributed by atoms with Gasteiger partial charge < -0.3 is 10.4 Å². The second kappa shape index (κ2) is 4.60. The molecule has 2 N–H and O–H groups in total. The molecule has 0 fully saturated rings. The third-order valence-electron chi connectivity index (χ3n) is 1.98. The van der Waals surface area contributed by atoms with E-state index in [2.05, 4.69) is 23.7 Å². The Hall–Kier alpha value is -0.380. The maximum Gasteiger partial charge on any atom is 0.0449 e. The van der Waals surface area contributed by atoms with Crippen LogP contribution in [0.15, 0.2) is 11.4 Å². The van der Waals surface area contributed by atoms with Gasteiger partial charge in [0, 0.05) is 17.5 Å². The predicted octanol–water partition coefficient (Wildman–Crippen LogP) is 1.70. The van der Waals surface area contributed by atoms with Crippen LogP contribution in [-0.4, -0.2) is 18.8 Å². The first-order valence-electron chi connectivity index (χ1n) is 4.11. The minimum atomic E-state index is 0.239. The number of hydrogen-bond acceptors (Lipinski definition) is 3. The molecule has 1 aromatic heterocycles. The largest absolute Gasteiger partial charge is 0.396 e. The van der Waals surface area contributed by atoms with E-state index in [0.717, 1.165) is 6.42 Å². The lowest BCUT2D eigenvalue weighted by molar-refractivity contribution is 0.269. The standard InChI is InChI=1S/C9H15NOS/c1-7-4-6-12-9(7)8(10-2)3-5-11/h4,6,8,10-11H,3,5H2,1-2H3/t8-/m1/s1. The monoisotopic (exact) mass is 185 g/mol. The Morgan fingerprint density at radius 3 is 2.83 bits per heavy atom. The van der Waals surface area contributed by atoms with Crippen molar-refractivity contribution in [2.24, 2.45) is 0 Å². The molecule has 0 spiro atoms. The van der Waals surface area contributed by atoms with E-state index in [4.69, 9.17) is 5.11 Å². The van der Waals surface area contributed by atoms with E-state index in [9.17, 15) is 0 Å². The van der Waals surface area contributed by atoms with Gasteiger partial charge >= 0.3 is 0 Å². The van der Waals surface area contributed by atoms with E-state index in [0.29, 0.717) is 6.04 Å². The first-order valence-corrected chi connectivity index (χ1v) is 4.99. The molecule has 12 heavy (non-hydrogen) atoms. The molecule has 2 nitrogen and oxygen atoms in total. The van der Waals surface area contributed by atoms with Crippen LogP contribution in [0.5, 0.6) is 0 Å². The Morgan fingerprint density at radius 2 is 2.42 bits per heavy atom. The van der Waals surface area contributed by atoms with Crippen LogP contribution in [-0.2, 0) is 0 Å². The molecule has 0 saturated carbocycles. The highest BCUT2D eigenvalue weighted by molar-refractivity contribution is 7.10. The Morgan fingerprint density at radius 1 is 1.67 bits per heavy atom. The van der Waals surface area contributed by atoms with Gasteiger partial charge in [-0.3, -0.25) is 0 Å². The van der Waals surface area contributed by atoms with Crippen LogP contribution < -0.4 is 5.32 Å². The molecule has 0 saturated heterocycles. The summed E-state index contributed by atoms with van der Waals surface area (Å²) in [5, 5.41) is 14.1. The molecule has 1 heterocycles. The van der Waals surface area contributed by atoms with E-state index in [1.54, 1.807) is 11.3 Å². The van der Waals surface area contributed by atoms with Gasteiger partial charge in [-0.25, -0.2) is 0 Å². The van der Waals surface area contributed by atoms with Crippen molar-refractivity contribution < 1.29 is 5.11 Å². The fourth-order valence-corrected chi connectivity index (χ4v) is 2.35. The summed E-state index contributed by atoms with van der Waals surface area (Å²) in [6, 6.07) is 2.43. The molecule has 1 atom stereocenters. The first kappa shape index (κ1) is 9.71. The van der Waals surface area contributed by atoms with Crippen LogP contribution in [0, 0.1) is 6.92 Å². The van der Waals surface area contributed by atoms with Crippen LogP contribution in [0.25, 0.3) is 0 Å². The molecule has 0 radical (unpaired) electrons. The lowest BCUT2D eigenvalue weighted by atomic mass is 10.1. The third-order valence-corrected chi connectivity index (χ3v) is 3.12. The van der Waals surface area contributed by atoms with Crippen LogP contribution in [0.4, 0.5) is 0 Å². The fraction of sp³-hybridized carbons (Fsp3) is 0.556. The zero-order valence-corrected chi connectivity index (χ0v) is 8.32. The highest BCUT2D eigenvalue weighted by Gasteiger charge is 2.11. The van der Waals surface area contributed by atoms with Gasteiger partial charge in [0.15, 0.2) is 0 Å². The van der Waals surface area contributed by atoms with E-state index in [1.807, 2.05) is 7.05 Å². The summed E-state index contributed by atoms with van der Waals surface area (Å²) in [5.41, 5.74) is 1.31. The lowest BCUT2D eigenvalue weighted by Gasteiger charge is -2.13. The molecular weight excluding hydrogens is 170 g/mol. The lowest BCUT2D eigenvalue weighted by Crippen LogP contribution is -2.17. The number of thiophene rings is 1. The summed E-state index contributed by atoms with van der Waals surface area (Å²) in [7, 11) is 1.93. The summed E-state index contributed by atoms with van der Waals surface area (Å²) < 4.78 is 0. The summed E-state index contributed by atoms with van der Waals surface area (Å²) >= 11 is 1.75. The average Bonchev–Trinajstić information content (AvgIpc) is 2.47. The molecule has 1 rings (SSSR count). The highest BCUT2D eigenvalue weighted by atomic mass is 32.1. The zero-order chi connectivity index (χ0) is 8.97. The molecule has 0 aliphatic rings. The van der Waals surface area contributed by atoms with Crippen molar-refractivity contribution in [2.45, 2.75) is 19.4 Å². The number of rotatable bonds is 4. The maximum atomic E-state index is 8.82. The van der Waals surface area contributed by atoms with Gasteiger partial charge in [-0.1, -0.05) is 0 Å². The first-order chi connectivity index (χ1) is 5.79. The topological polar surface area (TPSA) is 32.3 Å². The quantitative estimate of drug-likeness (QED) is 0.748. The van der Waals surface area contributed by atoms with Gasteiger partial charge in [0.05, 0.1) is 0 Å². The molecule has 0 amide bonds. The summed E-state index contributed by atoms with van der Waals surface area (Å²) in [5.74, 6) is 0. The zero-order valence-electron chi connectivity index (χ0n) is 7.50. The van der Waals surface area contributed by atoms with Crippen molar-refractivity contribution in [1.82, 2.24) is 5.32 Å². The van der Waals surface area contributed by atoms with Crippen molar-refractivity contribution in [3.8, 4) is 0 Å². The molecule has 1 aromatic rings. The Balaban J connectivity index is 2.72. The third kappa shape index (κ3) is 2.06. The van der Waals surface area contributed by atoms with Crippen molar-refractivity contribution >= 4 is 11.3 Å². The Bertz CT molecular complexity index is 234. The van der Waals surface area contributed by atoms with Gasteiger partial charge in [0.1, 0.15) is 0 Å². The number of hydrogen-bond donors (Lipinski definition) is 2. The summed E-state index contributed by atoms with van der Waals surface area (Å²) in [4.78, 5) is 1.34. The van der Waals surface area contributed by atoms with E-state index in [1.165, 1.54) is 10.4 Å². The number of aliphatic hydroxyl groups excluding tert-OH is 1. The Labute approximate surface area is 77.2 Å². The summed E-state index contributed by atoms with van der Waals surface area (Å²) in [6.45, 7) is 2.34. The molecule has 0 aliphatic heterocycles. The normalized spacial score (nSPS) is 13.2. The van der Waals surface area contributed by atoms with Crippen molar-refractivity contribution in [2.75, 3.05) is 13.7 Å². The van der Waals surface area contributed by atoms with Crippen molar-refractivity contribution in [1.29, 1.82) is 0 Å². The van der Waals surface area contributed by atoms with Crippen molar-refractivity contribution in [3.63, 3.8) is 0 Å². The van der Waals surface area contributed by atoms with Gasteiger partial charge in [0.25, 0.3) is 0 Å². The van der Waals surface area contributed by atoms with Gasteiger partial charge in [-0.15, -0.1) is 11.3 Å².